The minimum absolute atomic E-state index is 0.0549. The summed E-state index contributed by atoms with van der Waals surface area (Å²) in [5, 5.41) is 2.61. The van der Waals surface area contributed by atoms with Crippen molar-refractivity contribution in [2.24, 2.45) is 11.1 Å². The molecule has 10 heteroatoms. The van der Waals surface area contributed by atoms with Gasteiger partial charge in [-0.05, 0) is 61.7 Å². The van der Waals surface area contributed by atoms with Crippen molar-refractivity contribution in [2.75, 3.05) is 10.2 Å². The standard InChI is InChI=1S/C25H20F2N4O4/c1-13-10-16(11-18(27)21(13)35-19-6-9-29-22-17(19)12-20(32)30-22)31(15-4-2-14(26)3-5-15)24(34)25(7-8-25)23(28)33/h2-6,9-11H,7-8,12H2,1H3,(H2,28,33)(H,29,30,32). The van der Waals surface area contributed by atoms with Crippen molar-refractivity contribution in [1.82, 2.24) is 4.98 Å². The molecule has 3 amide bonds. The van der Waals surface area contributed by atoms with Crippen LogP contribution >= 0.6 is 0 Å². The number of rotatable bonds is 6. The van der Waals surface area contributed by atoms with E-state index in [0.29, 0.717) is 16.9 Å². The first kappa shape index (κ1) is 22.5. The van der Waals surface area contributed by atoms with Gasteiger partial charge in [-0.25, -0.2) is 13.8 Å². The third-order valence-corrected chi connectivity index (χ3v) is 6.21. The number of hydrogen-bond donors (Lipinski definition) is 2. The fraction of sp³-hybridized carbons (Fsp3) is 0.200. The zero-order valence-electron chi connectivity index (χ0n) is 18.6. The van der Waals surface area contributed by atoms with Crippen LogP contribution in [0.3, 0.4) is 0 Å². The number of nitrogens with two attached hydrogens (primary N) is 1. The van der Waals surface area contributed by atoms with Crippen LogP contribution < -0.4 is 20.7 Å². The van der Waals surface area contributed by atoms with Gasteiger partial charge in [-0.2, -0.15) is 0 Å². The molecule has 3 aromatic rings. The van der Waals surface area contributed by atoms with Crippen molar-refractivity contribution in [3.05, 3.63) is 71.4 Å². The smallest absolute Gasteiger partial charge is 0.247 e. The van der Waals surface area contributed by atoms with Crippen LogP contribution in [0, 0.1) is 24.0 Å². The average molecular weight is 478 g/mol. The highest BCUT2D eigenvalue weighted by molar-refractivity contribution is 6.16. The molecule has 0 saturated heterocycles. The van der Waals surface area contributed by atoms with Gasteiger partial charge < -0.3 is 15.8 Å². The van der Waals surface area contributed by atoms with Crippen molar-refractivity contribution < 1.29 is 27.9 Å². The molecular formula is C25H20F2N4O4. The highest BCUT2D eigenvalue weighted by Crippen LogP contribution is 2.49. The Morgan fingerprint density at radius 1 is 1.11 bits per heavy atom. The molecule has 2 aliphatic rings. The van der Waals surface area contributed by atoms with Gasteiger partial charge >= 0.3 is 0 Å². The number of aryl methyl sites for hydroxylation is 1. The Balaban J connectivity index is 1.55. The number of carbonyl (C=O) groups excluding carboxylic acids is 3. The maximum atomic E-state index is 15.4. The fourth-order valence-corrected chi connectivity index (χ4v) is 4.15. The van der Waals surface area contributed by atoms with E-state index in [1.165, 1.54) is 47.5 Å². The van der Waals surface area contributed by atoms with Crippen LogP contribution in [0.4, 0.5) is 26.0 Å². The van der Waals surface area contributed by atoms with Crippen LogP contribution in [0.1, 0.15) is 24.0 Å². The van der Waals surface area contributed by atoms with Gasteiger partial charge in [0, 0.05) is 23.5 Å². The van der Waals surface area contributed by atoms with Gasteiger partial charge in [-0.3, -0.25) is 19.3 Å². The number of anilines is 3. The lowest BCUT2D eigenvalue weighted by atomic mass is 10.0. The van der Waals surface area contributed by atoms with Crippen LogP contribution in [0.15, 0.2) is 48.7 Å². The number of nitrogens with zero attached hydrogens (tertiary/aromatic N) is 2. The molecule has 3 N–H and O–H groups in total. The van der Waals surface area contributed by atoms with Crippen LogP contribution in [0.25, 0.3) is 0 Å². The van der Waals surface area contributed by atoms with Gasteiger partial charge in [-0.1, -0.05) is 0 Å². The van der Waals surface area contributed by atoms with E-state index in [0.717, 1.165) is 6.07 Å². The number of aromatic nitrogens is 1. The van der Waals surface area contributed by atoms with Crippen molar-refractivity contribution >= 4 is 34.9 Å². The van der Waals surface area contributed by atoms with Crippen LogP contribution in [0.2, 0.25) is 0 Å². The Morgan fingerprint density at radius 3 is 2.46 bits per heavy atom. The normalized spacial score (nSPS) is 15.2. The first-order valence-corrected chi connectivity index (χ1v) is 10.9. The minimum Gasteiger partial charge on any atom is -0.453 e. The zero-order chi connectivity index (χ0) is 24.9. The molecule has 5 rings (SSSR count). The SMILES string of the molecule is Cc1cc(N(C(=O)C2(C(N)=O)CC2)c2ccc(F)cc2)cc(F)c1Oc1ccnc2c1CC(=O)N2. The molecule has 0 radical (unpaired) electrons. The third kappa shape index (κ3) is 3.86. The summed E-state index contributed by atoms with van der Waals surface area (Å²) < 4.78 is 34.8. The number of primary amides is 1. The largest absolute Gasteiger partial charge is 0.453 e. The van der Waals surface area contributed by atoms with E-state index in [2.05, 4.69) is 10.3 Å². The topological polar surface area (TPSA) is 115 Å². The highest BCUT2D eigenvalue weighted by atomic mass is 19.1. The molecule has 2 aromatic carbocycles. The molecule has 2 heterocycles. The predicted octanol–water partition coefficient (Wildman–Crippen LogP) is 3.89. The van der Waals surface area contributed by atoms with Gasteiger partial charge in [0.25, 0.3) is 0 Å². The Labute approximate surface area is 198 Å². The maximum absolute atomic E-state index is 15.4. The van der Waals surface area contributed by atoms with E-state index < -0.39 is 28.9 Å². The zero-order valence-corrected chi connectivity index (χ0v) is 18.6. The Hall–Kier alpha value is -4.34. The minimum atomic E-state index is -1.38. The summed E-state index contributed by atoms with van der Waals surface area (Å²) in [4.78, 5) is 42.5. The van der Waals surface area contributed by atoms with E-state index in [1.54, 1.807) is 6.92 Å². The van der Waals surface area contributed by atoms with Gasteiger partial charge in [0.1, 0.15) is 22.8 Å². The first-order valence-electron chi connectivity index (χ1n) is 10.9. The van der Waals surface area contributed by atoms with E-state index in [4.69, 9.17) is 10.5 Å². The number of fused-ring (bicyclic) bond motifs is 1. The Morgan fingerprint density at radius 2 is 1.83 bits per heavy atom. The van der Waals surface area contributed by atoms with Gasteiger partial charge in [0.2, 0.25) is 17.7 Å². The van der Waals surface area contributed by atoms with Crippen molar-refractivity contribution in [1.29, 1.82) is 0 Å². The van der Waals surface area contributed by atoms with Crippen molar-refractivity contribution in [3.8, 4) is 11.5 Å². The predicted molar refractivity (Wildman–Crippen MR) is 122 cm³/mol. The van der Waals surface area contributed by atoms with Crippen LogP contribution in [-0.2, 0) is 20.8 Å². The fourth-order valence-electron chi connectivity index (χ4n) is 4.15. The summed E-state index contributed by atoms with van der Waals surface area (Å²) in [5.41, 5.74) is 5.38. The summed E-state index contributed by atoms with van der Waals surface area (Å²) in [5.74, 6) is -2.36. The number of ether oxygens (including phenoxy) is 1. The molecule has 0 bridgehead atoms. The lowest BCUT2D eigenvalue weighted by Crippen LogP contribution is -2.41. The number of benzene rings is 2. The molecule has 1 aliphatic heterocycles. The van der Waals surface area contributed by atoms with Crippen molar-refractivity contribution in [3.63, 3.8) is 0 Å². The summed E-state index contributed by atoms with van der Waals surface area (Å²) in [6, 6.07) is 9.23. The lowest BCUT2D eigenvalue weighted by molar-refractivity contribution is -0.133. The molecule has 35 heavy (non-hydrogen) atoms. The molecule has 1 saturated carbocycles. The number of nitrogens with one attached hydrogen (secondary N) is 1. The summed E-state index contributed by atoms with van der Waals surface area (Å²) in [6.07, 6.45) is 2.05. The molecule has 178 valence electrons. The van der Waals surface area contributed by atoms with E-state index >= 15 is 4.39 Å². The molecule has 1 aliphatic carbocycles. The van der Waals surface area contributed by atoms with E-state index in [-0.39, 0.29) is 48.0 Å². The number of pyridine rings is 1. The molecule has 0 atom stereocenters. The average Bonchev–Trinajstić information content (AvgIpc) is 3.54. The molecule has 8 nitrogen and oxygen atoms in total. The molecule has 0 spiro atoms. The molecular weight excluding hydrogens is 458 g/mol. The highest BCUT2D eigenvalue weighted by Gasteiger charge is 2.57. The second kappa shape index (κ2) is 8.15. The van der Waals surface area contributed by atoms with Gasteiger partial charge in [0.15, 0.2) is 11.6 Å². The van der Waals surface area contributed by atoms with Gasteiger partial charge in [-0.15, -0.1) is 0 Å². The second-order valence-corrected chi connectivity index (χ2v) is 8.60. The van der Waals surface area contributed by atoms with Gasteiger partial charge in [0.05, 0.1) is 12.1 Å². The van der Waals surface area contributed by atoms with Crippen LogP contribution in [-0.4, -0.2) is 22.7 Å². The van der Waals surface area contributed by atoms with Crippen molar-refractivity contribution in [2.45, 2.75) is 26.2 Å². The number of hydrogen-bond acceptors (Lipinski definition) is 5. The number of carbonyl (C=O) groups is 3. The van der Waals surface area contributed by atoms with Crippen LogP contribution in [0.5, 0.6) is 11.5 Å². The Kier molecular flexibility index (Phi) is 5.23. The third-order valence-electron chi connectivity index (χ3n) is 6.21. The number of amides is 3. The summed E-state index contributed by atoms with van der Waals surface area (Å²) in [7, 11) is 0. The quantitative estimate of drug-likeness (QED) is 0.522. The molecule has 1 aromatic heterocycles. The monoisotopic (exact) mass is 478 g/mol. The molecule has 0 unspecified atom stereocenters. The summed E-state index contributed by atoms with van der Waals surface area (Å²) in [6.45, 7) is 1.60. The first-order chi connectivity index (χ1) is 16.7. The Bertz CT molecular complexity index is 1360. The number of halogens is 2. The summed E-state index contributed by atoms with van der Waals surface area (Å²) >= 11 is 0. The second-order valence-electron chi connectivity index (χ2n) is 8.60. The molecule has 1 fully saturated rings. The lowest BCUT2D eigenvalue weighted by Gasteiger charge is -2.27. The maximum Gasteiger partial charge on any atom is 0.247 e. The van der Waals surface area contributed by atoms with E-state index in [9.17, 15) is 18.8 Å². The van der Waals surface area contributed by atoms with E-state index in [1.807, 2.05) is 0 Å².